The fourth-order valence-corrected chi connectivity index (χ4v) is 2.43. The van der Waals surface area contributed by atoms with Crippen molar-refractivity contribution in [2.75, 3.05) is 19.6 Å². The van der Waals surface area contributed by atoms with E-state index < -0.39 is 0 Å². The Morgan fingerprint density at radius 3 is 2.95 bits per heavy atom. The van der Waals surface area contributed by atoms with Gasteiger partial charge in [0.15, 0.2) is 0 Å². The van der Waals surface area contributed by atoms with Gasteiger partial charge in [0, 0.05) is 31.4 Å². The first-order chi connectivity index (χ1) is 8.81. The molecule has 0 amide bonds. The van der Waals surface area contributed by atoms with Crippen LogP contribution in [0.4, 0.5) is 0 Å². The number of aliphatic imine (C=N–C) groups is 1. The number of rotatable bonds is 2. The van der Waals surface area contributed by atoms with Crippen molar-refractivity contribution in [2.45, 2.75) is 13.3 Å². The molecule has 0 spiro atoms. The summed E-state index contributed by atoms with van der Waals surface area (Å²) in [7, 11) is 0. The third kappa shape index (κ3) is 3.90. The van der Waals surface area contributed by atoms with Crippen molar-refractivity contribution in [3.05, 3.63) is 47.3 Å². The number of hydrogen-bond acceptors (Lipinski definition) is 3. The zero-order valence-electron chi connectivity index (χ0n) is 11.6. The number of dihydropyridines is 1. The minimum absolute atomic E-state index is 0. The standard InChI is InChI=1S/C15H19N3.2ClH/c1-12-2-4-13(5-3-12)9-18-10-14-8-16-7-6-15(14)17-11-18;;/h2,4-6,8,11-12,16H,3,7,9-10H2,1H3;2*1H. The fourth-order valence-electron chi connectivity index (χ4n) is 2.43. The van der Waals surface area contributed by atoms with Crippen molar-refractivity contribution in [3.63, 3.8) is 0 Å². The molecule has 0 aromatic carbocycles. The molecule has 5 heteroatoms. The van der Waals surface area contributed by atoms with Crippen molar-refractivity contribution < 1.29 is 0 Å². The van der Waals surface area contributed by atoms with Crippen molar-refractivity contribution in [1.29, 1.82) is 0 Å². The summed E-state index contributed by atoms with van der Waals surface area (Å²) < 4.78 is 0. The molecule has 1 atom stereocenters. The number of hydrogen-bond donors (Lipinski definition) is 1. The highest BCUT2D eigenvalue weighted by Gasteiger charge is 2.16. The van der Waals surface area contributed by atoms with E-state index in [0.29, 0.717) is 5.92 Å². The van der Waals surface area contributed by atoms with Gasteiger partial charge in [-0.15, -0.1) is 24.8 Å². The van der Waals surface area contributed by atoms with Crippen LogP contribution in [0.5, 0.6) is 0 Å². The van der Waals surface area contributed by atoms with Gasteiger partial charge in [-0.05, 0) is 24.0 Å². The van der Waals surface area contributed by atoms with Gasteiger partial charge < -0.3 is 10.2 Å². The Bertz CT molecular complexity index is 489. The molecule has 0 radical (unpaired) electrons. The molecule has 3 nitrogen and oxygen atoms in total. The van der Waals surface area contributed by atoms with E-state index in [0.717, 1.165) is 31.8 Å². The average Bonchev–Trinajstić information content (AvgIpc) is 2.41. The highest BCUT2D eigenvalue weighted by molar-refractivity contribution is 5.85. The first kappa shape index (κ1) is 16.9. The molecule has 3 rings (SSSR count). The normalized spacial score (nSPS) is 23.4. The lowest BCUT2D eigenvalue weighted by Crippen LogP contribution is -2.32. The lowest BCUT2D eigenvalue weighted by Gasteiger charge is -2.28. The van der Waals surface area contributed by atoms with Crippen molar-refractivity contribution in [1.82, 2.24) is 10.2 Å². The summed E-state index contributed by atoms with van der Waals surface area (Å²) >= 11 is 0. The molecule has 0 fully saturated rings. The van der Waals surface area contributed by atoms with E-state index >= 15 is 0 Å². The third-order valence-electron chi connectivity index (χ3n) is 3.53. The van der Waals surface area contributed by atoms with Gasteiger partial charge in [-0.1, -0.05) is 25.2 Å². The minimum Gasteiger partial charge on any atom is -0.387 e. The molecule has 0 aromatic heterocycles. The second-order valence-corrected chi connectivity index (χ2v) is 5.17. The van der Waals surface area contributed by atoms with E-state index in [1.807, 2.05) is 6.34 Å². The second-order valence-electron chi connectivity index (χ2n) is 5.17. The van der Waals surface area contributed by atoms with Gasteiger partial charge in [-0.2, -0.15) is 0 Å². The van der Waals surface area contributed by atoms with Crippen LogP contribution in [0.1, 0.15) is 13.3 Å². The van der Waals surface area contributed by atoms with Crippen LogP contribution < -0.4 is 5.32 Å². The van der Waals surface area contributed by atoms with Crippen molar-refractivity contribution >= 4 is 31.2 Å². The van der Waals surface area contributed by atoms with Gasteiger partial charge in [0.25, 0.3) is 0 Å². The van der Waals surface area contributed by atoms with Crippen molar-refractivity contribution in [2.24, 2.45) is 10.9 Å². The Hall–Kier alpha value is -1.19. The molecular weight excluding hydrogens is 293 g/mol. The number of nitrogens with one attached hydrogen (secondary N) is 1. The first-order valence-corrected chi connectivity index (χ1v) is 6.60. The molecular formula is C15H21Cl2N3. The van der Waals surface area contributed by atoms with E-state index in [1.165, 1.54) is 11.1 Å². The zero-order chi connectivity index (χ0) is 12.4. The molecule has 1 N–H and O–H groups in total. The smallest absolute Gasteiger partial charge is 0.0918 e. The van der Waals surface area contributed by atoms with Gasteiger partial charge in [0.05, 0.1) is 12.0 Å². The van der Waals surface area contributed by atoms with E-state index in [4.69, 9.17) is 0 Å². The summed E-state index contributed by atoms with van der Waals surface area (Å²) in [4.78, 5) is 6.78. The average molecular weight is 314 g/mol. The number of allylic oxidation sites excluding steroid dienone is 2. The number of fused-ring (bicyclic) bond motifs is 1. The molecule has 1 unspecified atom stereocenters. The highest BCUT2D eigenvalue weighted by atomic mass is 35.5. The zero-order valence-corrected chi connectivity index (χ0v) is 13.2. The second kappa shape index (κ2) is 7.55. The predicted octanol–water partition coefficient (Wildman–Crippen LogP) is 3.07. The van der Waals surface area contributed by atoms with Crippen LogP contribution in [-0.2, 0) is 0 Å². The largest absolute Gasteiger partial charge is 0.387 e. The Balaban J connectivity index is 0.000001000. The van der Waals surface area contributed by atoms with Crippen LogP contribution in [0.25, 0.3) is 0 Å². The summed E-state index contributed by atoms with van der Waals surface area (Å²) in [6.45, 7) is 5.05. The minimum atomic E-state index is 0. The molecule has 1 aliphatic carbocycles. The molecule has 3 aliphatic rings. The van der Waals surface area contributed by atoms with Gasteiger partial charge in [0.1, 0.15) is 0 Å². The van der Waals surface area contributed by atoms with Gasteiger partial charge in [-0.25, -0.2) is 4.99 Å². The van der Waals surface area contributed by atoms with Gasteiger partial charge in [0.2, 0.25) is 0 Å². The van der Waals surface area contributed by atoms with Gasteiger partial charge >= 0.3 is 0 Å². The fraction of sp³-hybridized carbons (Fsp3) is 0.400. The molecule has 0 bridgehead atoms. The van der Waals surface area contributed by atoms with Crippen molar-refractivity contribution in [3.8, 4) is 0 Å². The van der Waals surface area contributed by atoms with Crippen LogP contribution >= 0.6 is 24.8 Å². The van der Waals surface area contributed by atoms with Crippen LogP contribution in [-0.4, -0.2) is 30.9 Å². The molecule has 0 saturated carbocycles. The maximum absolute atomic E-state index is 4.52. The van der Waals surface area contributed by atoms with Crippen LogP contribution in [0.15, 0.2) is 52.3 Å². The summed E-state index contributed by atoms with van der Waals surface area (Å²) in [5.41, 5.74) is 3.82. The number of halogens is 2. The van der Waals surface area contributed by atoms with Gasteiger partial charge in [-0.3, -0.25) is 0 Å². The topological polar surface area (TPSA) is 27.6 Å². The molecule has 2 aliphatic heterocycles. The lowest BCUT2D eigenvalue weighted by atomic mass is 9.98. The first-order valence-electron chi connectivity index (χ1n) is 6.60. The predicted molar refractivity (Wildman–Crippen MR) is 89.7 cm³/mol. The quantitative estimate of drug-likeness (QED) is 0.848. The third-order valence-corrected chi connectivity index (χ3v) is 3.53. The molecule has 0 saturated heterocycles. The van der Waals surface area contributed by atoms with Crippen LogP contribution in [0.3, 0.4) is 0 Å². The molecule has 0 aromatic rings. The van der Waals surface area contributed by atoms with E-state index in [2.05, 4.69) is 52.6 Å². The lowest BCUT2D eigenvalue weighted by molar-refractivity contribution is 0.493. The maximum Gasteiger partial charge on any atom is 0.0918 e. The highest BCUT2D eigenvalue weighted by Crippen LogP contribution is 2.21. The van der Waals surface area contributed by atoms with E-state index in [1.54, 1.807) is 0 Å². The Morgan fingerprint density at radius 1 is 1.35 bits per heavy atom. The van der Waals surface area contributed by atoms with Crippen LogP contribution in [0, 0.1) is 5.92 Å². The number of nitrogens with zero attached hydrogens (tertiary/aromatic N) is 2. The Morgan fingerprint density at radius 2 is 2.20 bits per heavy atom. The Labute approximate surface area is 133 Å². The summed E-state index contributed by atoms with van der Waals surface area (Å²) in [6, 6.07) is 0. The monoisotopic (exact) mass is 313 g/mol. The maximum atomic E-state index is 4.52. The molecule has 20 heavy (non-hydrogen) atoms. The van der Waals surface area contributed by atoms with E-state index in [-0.39, 0.29) is 24.8 Å². The van der Waals surface area contributed by atoms with E-state index in [9.17, 15) is 0 Å². The SMILES string of the molecule is CC1C=CC(CN2C=NC3=CCNC=C3C2)=CC1.Cl.Cl. The Kier molecular flexibility index (Phi) is 6.37. The molecule has 110 valence electrons. The molecule has 2 heterocycles. The summed E-state index contributed by atoms with van der Waals surface area (Å²) in [6.07, 6.45) is 14.3. The summed E-state index contributed by atoms with van der Waals surface area (Å²) in [5.74, 6) is 0.684. The summed E-state index contributed by atoms with van der Waals surface area (Å²) in [5, 5.41) is 3.25. The van der Waals surface area contributed by atoms with Crippen LogP contribution in [0.2, 0.25) is 0 Å².